The summed E-state index contributed by atoms with van der Waals surface area (Å²) in [6, 6.07) is 5.03. The van der Waals surface area contributed by atoms with Crippen molar-refractivity contribution < 1.29 is 23.1 Å². The maximum atomic E-state index is 14.4. The van der Waals surface area contributed by atoms with Crippen LogP contribution in [-0.2, 0) is 9.53 Å². The molecule has 0 bridgehead atoms. The molecule has 2 atom stereocenters. The van der Waals surface area contributed by atoms with Crippen LogP contribution in [0.4, 0.5) is 14.6 Å². The molecule has 2 unspecified atom stereocenters. The molecule has 7 nitrogen and oxygen atoms in total. The molecule has 1 aromatic carbocycles. The van der Waals surface area contributed by atoms with E-state index in [1.165, 1.54) is 18.3 Å². The largest absolute Gasteiger partial charge is 0.465 e. The lowest BCUT2D eigenvalue weighted by Gasteiger charge is -2.24. The molecule has 1 aromatic heterocycles. The molecule has 1 aliphatic carbocycles. The Bertz CT molecular complexity index is 1180. The van der Waals surface area contributed by atoms with Crippen molar-refractivity contribution in [2.75, 3.05) is 6.61 Å². The van der Waals surface area contributed by atoms with Gasteiger partial charge in [0, 0.05) is 41.9 Å². The van der Waals surface area contributed by atoms with Gasteiger partial charge in [0.1, 0.15) is 11.6 Å². The number of ether oxygens (including phenoxy) is 1. The third kappa shape index (κ3) is 3.67. The molecule has 1 aliphatic heterocycles. The molecule has 0 fully saturated rings. The summed E-state index contributed by atoms with van der Waals surface area (Å²) in [6.45, 7) is 3.61. The maximum absolute atomic E-state index is 14.4. The van der Waals surface area contributed by atoms with E-state index >= 15 is 0 Å². The van der Waals surface area contributed by atoms with E-state index in [2.05, 4.69) is 10.1 Å². The Kier molecular flexibility index (Phi) is 5.26. The molecule has 0 spiro atoms. The lowest BCUT2D eigenvalue weighted by Crippen LogP contribution is -2.34. The van der Waals surface area contributed by atoms with E-state index < -0.39 is 35.3 Å². The normalized spacial score (nSPS) is 20.5. The highest BCUT2D eigenvalue weighted by atomic mass is 19.1. The Hall–Kier alpha value is -3.62. The molecular weight excluding hydrogens is 406 g/mol. The predicted octanol–water partition coefficient (Wildman–Crippen LogP) is 3.50. The number of aromatic nitrogens is 2. The van der Waals surface area contributed by atoms with Crippen LogP contribution >= 0.6 is 0 Å². The Labute approximate surface area is 176 Å². The second-order valence-corrected chi connectivity index (χ2v) is 7.37. The van der Waals surface area contributed by atoms with Crippen LogP contribution in [0.15, 0.2) is 46.6 Å². The van der Waals surface area contributed by atoms with Crippen molar-refractivity contribution in [3.05, 3.63) is 64.5 Å². The van der Waals surface area contributed by atoms with Gasteiger partial charge in [-0.05, 0) is 31.6 Å². The number of carbonyl (C=O) groups excluding carboxylic acids is 2. The van der Waals surface area contributed by atoms with Crippen molar-refractivity contribution in [1.82, 2.24) is 9.78 Å². The van der Waals surface area contributed by atoms with Gasteiger partial charge in [-0.2, -0.15) is 9.78 Å². The highest BCUT2D eigenvalue weighted by molar-refractivity contribution is 6.14. The van der Waals surface area contributed by atoms with Crippen molar-refractivity contribution in [3.63, 3.8) is 0 Å². The van der Waals surface area contributed by atoms with E-state index in [1.54, 1.807) is 19.1 Å². The van der Waals surface area contributed by atoms with Crippen molar-refractivity contribution in [1.29, 1.82) is 0 Å². The molecule has 2 aromatic rings. The van der Waals surface area contributed by atoms with Gasteiger partial charge in [0.15, 0.2) is 11.7 Å². The monoisotopic (exact) mass is 426 g/mol. The molecule has 4 rings (SSSR count). The van der Waals surface area contributed by atoms with Gasteiger partial charge in [-0.3, -0.25) is 9.59 Å². The summed E-state index contributed by atoms with van der Waals surface area (Å²) in [5.74, 6) is -3.91. The van der Waals surface area contributed by atoms with Gasteiger partial charge in [0.05, 0.1) is 12.3 Å². The number of esters is 1. The van der Waals surface area contributed by atoms with Crippen LogP contribution in [0.1, 0.15) is 42.2 Å². The molecule has 0 saturated carbocycles. The molecule has 0 radical (unpaired) electrons. The first kappa shape index (κ1) is 20.6. The van der Waals surface area contributed by atoms with Gasteiger partial charge < -0.3 is 10.5 Å². The third-order valence-corrected chi connectivity index (χ3v) is 5.36. The minimum atomic E-state index is -1.16. The van der Waals surface area contributed by atoms with E-state index in [4.69, 9.17) is 10.5 Å². The lowest BCUT2D eigenvalue weighted by atomic mass is 9.82. The standard InChI is InChI=1S/C22H20F2N4O3/c1-3-31-22(30)17-10-26-20-9-19(27-28(20)21(17)29)16-8-13(25)7-15(11(16)2)14-5-4-12(23)6-18(14)24/h4-6,8-10,16-17H,3,7,25H2,1-2H3. The molecule has 0 saturated heterocycles. The van der Waals surface area contributed by atoms with E-state index in [0.29, 0.717) is 23.4 Å². The number of nitrogens with zero attached hydrogens (tertiary/aromatic N) is 3. The number of nitrogens with two attached hydrogens (primary N) is 1. The molecule has 0 amide bonds. The Morgan fingerprint density at radius 1 is 1.32 bits per heavy atom. The van der Waals surface area contributed by atoms with Crippen LogP contribution in [-0.4, -0.2) is 34.5 Å². The zero-order valence-corrected chi connectivity index (χ0v) is 16.9. The minimum absolute atomic E-state index is 0.145. The van der Waals surface area contributed by atoms with E-state index in [-0.39, 0.29) is 18.0 Å². The van der Waals surface area contributed by atoms with Crippen molar-refractivity contribution in [2.24, 2.45) is 16.6 Å². The summed E-state index contributed by atoms with van der Waals surface area (Å²) < 4.78 is 33.8. The average Bonchev–Trinajstić information content (AvgIpc) is 3.15. The number of aliphatic imine (C=N–C) groups is 1. The first-order chi connectivity index (χ1) is 14.8. The molecule has 2 N–H and O–H groups in total. The number of halogens is 2. The first-order valence-corrected chi connectivity index (χ1v) is 9.76. The van der Waals surface area contributed by atoms with Crippen molar-refractivity contribution >= 4 is 29.5 Å². The first-order valence-electron chi connectivity index (χ1n) is 9.76. The van der Waals surface area contributed by atoms with Crippen LogP contribution in [0.5, 0.6) is 0 Å². The molecular formula is C22H20F2N4O3. The fraction of sp³-hybridized carbons (Fsp3) is 0.273. The fourth-order valence-corrected chi connectivity index (χ4v) is 3.81. The molecule has 31 heavy (non-hydrogen) atoms. The quantitative estimate of drug-likeness (QED) is 0.596. The summed E-state index contributed by atoms with van der Waals surface area (Å²) >= 11 is 0. The van der Waals surface area contributed by atoms with Crippen molar-refractivity contribution in [3.8, 4) is 0 Å². The van der Waals surface area contributed by atoms with Gasteiger partial charge in [-0.25, -0.2) is 13.8 Å². The van der Waals surface area contributed by atoms with E-state index in [9.17, 15) is 18.4 Å². The van der Waals surface area contributed by atoms with Gasteiger partial charge >= 0.3 is 5.97 Å². The van der Waals surface area contributed by atoms with Gasteiger partial charge in [-0.15, -0.1) is 0 Å². The molecule has 160 valence electrons. The summed E-state index contributed by atoms with van der Waals surface area (Å²) in [4.78, 5) is 28.9. The number of hydrogen-bond acceptors (Lipinski definition) is 6. The van der Waals surface area contributed by atoms with E-state index in [1.807, 2.05) is 6.92 Å². The second-order valence-electron chi connectivity index (χ2n) is 7.37. The SMILES string of the molecule is CCOC(=O)C1C=Nc2cc(C3C=C(N)CC(c4ccc(F)cc4F)=C3C)nn2C1=O. The minimum Gasteiger partial charge on any atom is -0.465 e. The third-order valence-electron chi connectivity index (χ3n) is 5.36. The number of allylic oxidation sites excluding steroid dienone is 3. The summed E-state index contributed by atoms with van der Waals surface area (Å²) in [5, 5.41) is 4.36. The topological polar surface area (TPSA) is 99.6 Å². The molecule has 2 aliphatic rings. The number of carbonyl (C=O) groups is 2. The van der Waals surface area contributed by atoms with Crippen molar-refractivity contribution in [2.45, 2.75) is 26.2 Å². The highest BCUT2D eigenvalue weighted by Gasteiger charge is 2.34. The van der Waals surface area contributed by atoms with E-state index in [0.717, 1.165) is 16.3 Å². The molecule has 9 heteroatoms. The van der Waals surface area contributed by atoms with Crippen LogP contribution in [0.2, 0.25) is 0 Å². The Morgan fingerprint density at radius 2 is 2.10 bits per heavy atom. The van der Waals surface area contributed by atoms with Gasteiger partial charge in [0.25, 0.3) is 5.91 Å². The van der Waals surface area contributed by atoms with Crippen LogP contribution < -0.4 is 5.73 Å². The smallest absolute Gasteiger partial charge is 0.324 e. The summed E-state index contributed by atoms with van der Waals surface area (Å²) in [7, 11) is 0. The van der Waals surface area contributed by atoms with Crippen LogP contribution in [0, 0.1) is 17.6 Å². The average molecular weight is 426 g/mol. The molecule has 2 heterocycles. The Balaban J connectivity index is 1.72. The Morgan fingerprint density at radius 3 is 2.81 bits per heavy atom. The maximum Gasteiger partial charge on any atom is 0.324 e. The number of hydrogen-bond donors (Lipinski definition) is 1. The summed E-state index contributed by atoms with van der Waals surface area (Å²) in [5.41, 5.74) is 8.76. The van der Waals surface area contributed by atoms with Gasteiger partial charge in [-0.1, -0.05) is 11.6 Å². The second kappa shape index (κ2) is 7.90. The predicted molar refractivity (Wildman–Crippen MR) is 110 cm³/mol. The zero-order valence-electron chi connectivity index (χ0n) is 16.9. The zero-order chi connectivity index (χ0) is 22.3. The van der Waals surface area contributed by atoms with Gasteiger partial charge in [0.2, 0.25) is 0 Å². The highest BCUT2D eigenvalue weighted by Crippen LogP contribution is 2.40. The number of fused-ring (bicyclic) bond motifs is 1. The van der Waals surface area contributed by atoms with Crippen LogP contribution in [0.3, 0.4) is 0 Å². The summed E-state index contributed by atoms with van der Waals surface area (Å²) in [6.07, 6.45) is 3.33. The lowest BCUT2D eigenvalue weighted by molar-refractivity contribution is -0.144. The number of rotatable bonds is 4. The fourth-order valence-electron chi connectivity index (χ4n) is 3.81. The number of benzene rings is 1. The van der Waals surface area contributed by atoms with Crippen LogP contribution in [0.25, 0.3) is 5.57 Å².